The maximum absolute atomic E-state index is 12.4. The fourth-order valence-electron chi connectivity index (χ4n) is 3.20. The molecule has 134 valence electrons. The Bertz CT molecular complexity index is 809. The Kier molecular flexibility index (Phi) is 5.50. The summed E-state index contributed by atoms with van der Waals surface area (Å²) in [5.74, 6) is -0.0896. The standard InChI is InChI=1S/C19H24N2O4/c1-13-3-4-16-15(11-19(23)25-17(16)9-13)10-18(22)20-14(2)12-21-5-7-24-8-6-21/h3-4,9,11,14H,5-8,10,12H2,1-2H3,(H,20,22)/t14-/m0/s1. The highest BCUT2D eigenvalue weighted by atomic mass is 16.5. The normalized spacial score (nSPS) is 16.7. The molecule has 2 heterocycles. The van der Waals surface area contributed by atoms with Gasteiger partial charge in [-0.25, -0.2) is 4.79 Å². The third kappa shape index (κ3) is 4.67. The molecule has 1 amide bonds. The van der Waals surface area contributed by atoms with Gasteiger partial charge in [0.15, 0.2) is 0 Å². The lowest BCUT2D eigenvalue weighted by atomic mass is 10.1. The summed E-state index contributed by atoms with van der Waals surface area (Å²) < 4.78 is 10.6. The molecule has 1 atom stereocenters. The third-order valence-electron chi connectivity index (χ3n) is 4.38. The number of carbonyl (C=O) groups is 1. The number of benzene rings is 1. The minimum absolute atomic E-state index is 0.0410. The first-order chi connectivity index (χ1) is 12.0. The zero-order chi connectivity index (χ0) is 17.8. The van der Waals surface area contributed by atoms with E-state index >= 15 is 0 Å². The van der Waals surface area contributed by atoms with Gasteiger partial charge in [-0.3, -0.25) is 9.69 Å². The Morgan fingerprint density at radius 3 is 2.80 bits per heavy atom. The smallest absolute Gasteiger partial charge is 0.336 e. The number of hydrogen-bond acceptors (Lipinski definition) is 5. The SMILES string of the molecule is Cc1ccc2c(CC(=O)N[C@@H](C)CN3CCOCC3)cc(=O)oc2c1. The van der Waals surface area contributed by atoms with Gasteiger partial charge in [0.25, 0.3) is 0 Å². The molecule has 0 spiro atoms. The van der Waals surface area contributed by atoms with Gasteiger partial charge >= 0.3 is 5.63 Å². The zero-order valence-corrected chi connectivity index (χ0v) is 14.7. The number of rotatable bonds is 5. The molecule has 0 unspecified atom stereocenters. The molecule has 6 nitrogen and oxygen atoms in total. The highest BCUT2D eigenvalue weighted by Gasteiger charge is 2.16. The van der Waals surface area contributed by atoms with Gasteiger partial charge in [-0.15, -0.1) is 0 Å². The van der Waals surface area contributed by atoms with Gasteiger partial charge in [0.2, 0.25) is 5.91 Å². The Morgan fingerprint density at radius 2 is 2.04 bits per heavy atom. The van der Waals surface area contributed by atoms with Crippen molar-refractivity contribution >= 4 is 16.9 Å². The van der Waals surface area contributed by atoms with Gasteiger partial charge < -0.3 is 14.5 Å². The van der Waals surface area contributed by atoms with Crippen molar-refractivity contribution in [2.24, 2.45) is 0 Å². The summed E-state index contributed by atoms with van der Waals surface area (Å²) in [6.07, 6.45) is 0.165. The van der Waals surface area contributed by atoms with E-state index < -0.39 is 5.63 Å². The van der Waals surface area contributed by atoms with Crippen molar-refractivity contribution in [3.8, 4) is 0 Å². The summed E-state index contributed by atoms with van der Waals surface area (Å²) >= 11 is 0. The maximum atomic E-state index is 12.4. The van der Waals surface area contributed by atoms with E-state index in [1.54, 1.807) is 0 Å². The molecule has 1 aliphatic heterocycles. The van der Waals surface area contributed by atoms with Crippen LogP contribution in [-0.4, -0.2) is 49.7 Å². The number of amides is 1. The summed E-state index contributed by atoms with van der Waals surface area (Å²) in [6.45, 7) is 8.00. The van der Waals surface area contributed by atoms with Crippen molar-refractivity contribution in [1.29, 1.82) is 0 Å². The lowest BCUT2D eigenvalue weighted by Crippen LogP contribution is -2.46. The number of aryl methyl sites for hydroxylation is 1. The minimum atomic E-state index is -0.428. The molecule has 0 bridgehead atoms. The molecule has 3 rings (SSSR count). The van der Waals surface area contributed by atoms with E-state index in [1.807, 2.05) is 32.0 Å². The Morgan fingerprint density at radius 1 is 1.28 bits per heavy atom. The predicted octanol–water partition coefficient (Wildman–Crippen LogP) is 1.48. The van der Waals surface area contributed by atoms with Crippen LogP contribution in [0, 0.1) is 6.92 Å². The molecule has 0 saturated carbocycles. The molecule has 2 aromatic rings. The number of morpholine rings is 1. The van der Waals surface area contributed by atoms with Crippen molar-refractivity contribution < 1.29 is 13.9 Å². The first kappa shape index (κ1) is 17.6. The minimum Gasteiger partial charge on any atom is -0.423 e. The quantitative estimate of drug-likeness (QED) is 0.832. The number of hydrogen-bond donors (Lipinski definition) is 1. The summed E-state index contributed by atoms with van der Waals surface area (Å²) in [6, 6.07) is 7.11. The van der Waals surface area contributed by atoms with E-state index in [1.165, 1.54) is 6.07 Å². The van der Waals surface area contributed by atoms with Crippen LogP contribution in [0.1, 0.15) is 18.1 Å². The van der Waals surface area contributed by atoms with Crippen molar-refractivity contribution in [2.75, 3.05) is 32.8 Å². The molecular weight excluding hydrogens is 320 g/mol. The second-order valence-corrected chi connectivity index (χ2v) is 6.65. The molecule has 25 heavy (non-hydrogen) atoms. The first-order valence-corrected chi connectivity index (χ1v) is 8.64. The lowest BCUT2D eigenvalue weighted by molar-refractivity contribution is -0.121. The topological polar surface area (TPSA) is 71.8 Å². The second kappa shape index (κ2) is 7.80. The molecule has 1 fully saturated rings. The van der Waals surface area contributed by atoms with Crippen LogP contribution in [-0.2, 0) is 16.0 Å². The number of nitrogens with zero attached hydrogens (tertiary/aromatic N) is 1. The van der Waals surface area contributed by atoms with Crippen molar-refractivity contribution in [3.63, 3.8) is 0 Å². The van der Waals surface area contributed by atoms with E-state index in [0.29, 0.717) is 11.1 Å². The molecular formula is C19H24N2O4. The third-order valence-corrected chi connectivity index (χ3v) is 4.38. The van der Waals surface area contributed by atoms with E-state index in [0.717, 1.165) is 43.8 Å². The Hall–Kier alpha value is -2.18. The second-order valence-electron chi connectivity index (χ2n) is 6.65. The molecule has 1 aromatic heterocycles. The van der Waals surface area contributed by atoms with E-state index in [-0.39, 0.29) is 18.4 Å². The highest BCUT2D eigenvalue weighted by molar-refractivity contribution is 5.87. The molecule has 1 saturated heterocycles. The number of fused-ring (bicyclic) bond motifs is 1. The van der Waals surface area contributed by atoms with E-state index in [4.69, 9.17) is 9.15 Å². The van der Waals surface area contributed by atoms with Crippen LogP contribution in [0.3, 0.4) is 0 Å². The maximum Gasteiger partial charge on any atom is 0.336 e. The van der Waals surface area contributed by atoms with Gasteiger partial charge in [-0.2, -0.15) is 0 Å². The molecule has 0 radical (unpaired) electrons. The van der Waals surface area contributed by atoms with Gasteiger partial charge in [0, 0.05) is 37.1 Å². The number of ether oxygens (including phenoxy) is 1. The fraction of sp³-hybridized carbons (Fsp3) is 0.474. The summed E-state index contributed by atoms with van der Waals surface area (Å²) in [7, 11) is 0. The van der Waals surface area contributed by atoms with Gasteiger partial charge in [0.1, 0.15) is 5.58 Å². The van der Waals surface area contributed by atoms with E-state index in [9.17, 15) is 9.59 Å². The van der Waals surface area contributed by atoms with E-state index in [2.05, 4.69) is 10.2 Å². The van der Waals surface area contributed by atoms with Crippen LogP contribution in [0.15, 0.2) is 33.5 Å². The van der Waals surface area contributed by atoms with Crippen molar-refractivity contribution in [1.82, 2.24) is 10.2 Å². The number of nitrogens with one attached hydrogen (secondary N) is 1. The predicted molar refractivity (Wildman–Crippen MR) is 95.8 cm³/mol. The average molecular weight is 344 g/mol. The van der Waals surface area contributed by atoms with Crippen LogP contribution < -0.4 is 10.9 Å². The van der Waals surface area contributed by atoms with Crippen molar-refractivity contribution in [2.45, 2.75) is 26.3 Å². The van der Waals surface area contributed by atoms with Crippen LogP contribution in [0.25, 0.3) is 11.0 Å². The molecule has 1 aliphatic rings. The molecule has 0 aliphatic carbocycles. The summed E-state index contributed by atoms with van der Waals surface area (Å²) in [5.41, 5.74) is 1.80. The molecule has 1 N–H and O–H groups in total. The van der Waals surface area contributed by atoms with Crippen LogP contribution in [0.2, 0.25) is 0 Å². The summed E-state index contributed by atoms with van der Waals surface area (Å²) in [5, 5.41) is 3.82. The first-order valence-electron chi connectivity index (χ1n) is 8.64. The van der Waals surface area contributed by atoms with Crippen molar-refractivity contribution in [3.05, 3.63) is 45.8 Å². The number of carbonyl (C=O) groups excluding carboxylic acids is 1. The highest BCUT2D eigenvalue weighted by Crippen LogP contribution is 2.19. The van der Waals surface area contributed by atoms with Gasteiger partial charge in [0.05, 0.1) is 19.6 Å². The van der Waals surface area contributed by atoms with Crippen LogP contribution in [0.4, 0.5) is 0 Å². The molecule has 6 heteroatoms. The fourth-order valence-corrected chi connectivity index (χ4v) is 3.20. The lowest BCUT2D eigenvalue weighted by Gasteiger charge is -2.29. The summed E-state index contributed by atoms with van der Waals surface area (Å²) in [4.78, 5) is 26.4. The monoisotopic (exact) mass is 344 g/mol. The average Bonchev–Trinajstić information content (AvgIpc) is 2.54. The van der Waals surface area contributed by atoms with Crippen LogP contribution in [0.5, 0.6) is 0 Å². The Labute approximate surface area is 146 Å². The molecule has 1 aromatic carbocycles. The van der Waals surface area contributed by atoms with Gasteiger partial charge in [-0.1, -0.05) is 12.1 Å². The zero-order valence-electron chi connectivity index (χ0n) is 14.7. The largest absolute Gasteiger partial charge is 0.423 e. The van der Waals surface area contributed by atoms with Crippen LogP contribution >= 0.6 is 0 Å². The van der Waals surface area contributed by atoms with Gasteiger partial charge in [-0.05, 0) is 31.0 Å². The Balaban J connectivity index is 1.66.